The van der Waals surface area contributed by atoms with Gasteiger partial charge in [0.1, 0.15) is 6.10 Å². The molecule has 3 atom stereocenters. The van der Waals surface area contributed by atoms with Gasteiger partial charge in [0.2, 0.25) is 5.89 Å². The Morgan fingerprint density at radius 3 is 3.12 bits per heavy atom. The summed E-state index contributed by atoms with van der Waals surface area (Å²) >= 11 is 0. The van der Waals surface area contributed by atoms with Crippen molar-refractivity contribution >= 4 is 0 Å². The van der Waals surface area contributed by atoms with E-state index in [2.05, 4.69) is 15.5 Å². The molecule has 1 aromatic heterocycles. The van der Waals surface area contributed by atoms with Crippen LogP contribution in [-0.2, 0) is 4.74 Å². The zero-order chi connectivity index (χ0) is 11.5. The number of aliphatic hydroxyl groups excluding tert-OH is 1. The predicted octanol–water partition coefficient (Wildman–Crippen LogP) is 0.562. The van der Waals surface area contributed by atoms with E-state index in [-0.39, 0.29) is 18.2 Å². The largest absolute Gasteiger partial charge is 0.392 e. The van der Waals surface area contributed by atoms with Crippen LogP contribution in [0.1, 0.15) is 44.1 Å². The number of aliphatic hydroxyl groups is 1. The van der Waals surface area contributed by atoms with E-state index in [0.717, 1.165) is 0 Å². The number of rotatable bonds is 4. The summed E-state index contributed by atoms with van der Waals surface area (Å²) in [6.45, 7) is 5.00. The van der Waals surface area contributed by atoms with Crippen LogP contribution < -0.4 is 5.32 Å². The molecule has 90 valence electrons. The molecule has 2 heterocycles. The summed E-state index contributed by atoms with van der Waals surface area (Å²) in [5.74, 6) is 1.08. The molecule has 0 aliphatic carbocycles. The predicted molar refractivity (Wildman–Crippen MR) is 55.7 cm³/mol. The third-order valence-electron chi connectivity index (χ3n) is 2.64. The lowest BCUT2D eigenvalue weighted by Crippen LogP contribution is -2.15. The monoisotopic (exact) mass is 227 g/mol. The van der Waals surface area contributed by atoms with Crippen LogP contribution in [0.15, 0.2) is 4.52 Å². The SMILES string of the molecule is CCOC(C)c1noc(C2CC(O)CN2)n1. The molecule has 1 fully saturated rings. The second-order valence-electron chi connectivity index (χ2n) is 3.94. The van der Waals surface area contributed by atoms with Crippen LogP contribution in [0.5, 0.6) is 0 Å². The quantitative estimate of drug-likeness (QED) is 0.782. The fourth-order valence-electron chi connectivity index (χ4n) is 1.78. The van der Waals surface area contributed by atoms with Gasteiger partial charge in [-0.25, -0.2) is 0 Å². The topological polar surface area (TPSA) is 80.4 Å². The Bertz CT molecular complexity index is 342. The number of β-amino-alcohol motifs (C(OH)–C–C–N with tert-alkyl or cyclic N) is 1. The Morgan fingerprint density at radius 1 is 1.69 bits per heavy atom. The highest BCUT2D eigenvalue weighted by Gasteiger charge is 2.28. The first-order chi connectivity index (χ1) is 7.70. The van der Waals surface area contributed by atoms with Crippen molar-refractivity contribution in [2.24, 2.45) is 0 Å². The van der Waals surface area contributed by atoms with Crippen LogP contribution in [0.2, 0.25) is 0 Å². The summed E-state index contributed by atoms with van der Waals surface area (Å²) < 4.78 is 10.5. The number of ether oxygens (including phenoxy) is 1. The molecule has 6 nitrogen and oxygen atoms in total. The third kappa shape index (κ3) is 2.40. The Balaban J connectivity index is 2.01. The average Bonchev–Trinajstić information content (AvgIpc) is 2.85. The van der Waals surface area contributed by atoms with Crippen molar-refractivity contribution in [2.75, 3.05) is 13.2 Å². The molecule has 1 aliphatic heterocycles. The van der Waals surface area contributed by atoms with E-state index >= 15 is 0 Å². The average molecular weight is 227 g/mol. The van der Waals surface area contributed by atoms with Crippen LogP contribution in [0.3, 0.4) is 0 Å². The molecule has 16 heavy (non-hydrogen) atoms. The molecule has 1 saturated heterocycles. The fourth-order valence-corrected chi connectivity index (χ4v) is 1.78. The number of aromatic nitrogens is 2. The van der Waals surface area contributed by atoms with Gasteiger partial charge in [0.05, 0.1) is 12.1 Å². The Morgan fingerprint density at radius 2 is 2.50 bits per heavy atom. The van der Waals surface area contributed by atoms with Gasteiger partial charge >= 0.3 is 0 Å². The number of nitrogens with zero attached hydrogens (tertiary/aromatic N) is 2. The van der Waals surface area contributed by atoms with E-state index in [0.29, 0.717) is 31.3 Å². The van der Waals surface area contributed by atoms with Crippen LogP contribution in [-0.4, -0.2) is 34.5 Å². The summed E-state index contributed by atoms with van der Waals surface area (Å²) in [6, 6.07) is -0.0370. The molecule has 1 aromatic rings. The van der Waals surface area contributed by atoms with Crippen molar-refractivity contribution in [3.05, 3.63) is 11.7 Å². The molecule has 2 N–H and O–H groups in total. The minimum atomic E-state index is -0.329. The first-order valence-electron chi connectivity index (χ1n) is 5.57. The molecule has 6 heteroatoms. The number of hydrogen-bond donors (Lipinski definition) is 2. The van der Waals surface area contributed by atoms with Crippen molar-refractivity contribution < 1.29 is 14.4 Å². The molecular formula is C10H17N3O3. The lowest BCUT2D eigenvalue weighted by Gasteiger charge is -2.05. The maximum Gasteiger partial charge on any atom is 0.243 e. The second-order valence-corrected chi connectivity index (χ2v) is 3.94. The smallest absolute Gasteiger partial charge is 0.243 e. The highest BCUT2D eigenvalue weighted by atomic mass is 16.5. The van der Waals surface area contributed by atoms with Crippen molar-refractivity contribution in [1.29, 1.82) is 0 Å². The van der Waals surface area contributed by atoms with Gasteiger partial charge in [-0.1, -0.05) is 5.16 Å². The van der Waals surface area contributed by atoms with Crippen LogP contribution in [0.25, 0.3) is 0 Å². The van der Waals surface area contributed by atoms with Gasteiger partial charge in [0.25, 0.3) is 0 Å². The molecule has 0 aromatic carbocycles. The molecule has 0 saturated carbocycles. The lowest BCUT2D eigenvalue weighted by atomic mass is 10.2. The highest BCUT2D eigenvalue weighted by Crippen LogP contribution is 2.23. The van der Waals surface area contributed by atoms with E-state index in [1.54, 1.807) is 0 Å². The molecule has 2 rings (SSSR count). The van der Waals surface area contributed by atoms with Crippen molar-refractivity contribution in [3.63, 3.8) is 0 Å². The first kappa shape index (κ1) is 11.5. The molecule has 3 unspecified atom stereocenters. The molecule has 0 amide bonds. The van der Waals surface area contributed by atoms with E-state index in [1.165, 1.54) is 0 Å². The summed E-state index contributed by atoms with van der Waals surface area (Å²) in [5.41, 5.74) is 0. The maximum atomic E-state index is 9.38. The molecular weight excluding hydrogens is 210 g/mol. The summed E-state index contributed by atoms with van der Waals surface area (Å²) in [7, 11) is 0. The standard InChI is InChI=1S/C10H17N3O3/c1-3-15-6(2)9-12-10(16-13-9)8-4-7(14)5-11-8/h6-8,11,14H,3-5H2,1-2H3. The van der Waals surface area contributed by atoms with Crippen molar-refractivity contribution in [3.8, 4) is 0 Å². The van der Waals surface area contributed by atoms with Gasteiger partial charge < -0.3 is 19.7 Å². The van der Waals surface area contributed by atoms with Gasteiger partial charge in [0.15, 0.2) is 5.82 Å². The summed E-state index contributed by atoms with van der Waals surface area (Å²) in [5, 5.41) is 16.4. The minimum absolute atomic E-state index is 0.0370. The normalized spacial score (nSPS) is 27.2. The van der Waals surface area contributed by atoms with E-state index in [1.807, 2.05) is 13.8 Å². The summed E-state index contributed by atoms with van der Waals surface area (Å²) in [6.07, 6.45) is 0.128. The lowest BCUT2D eigenvalue weighted by molar-refractivity contribution is 0.0683. The highest BCUT2D eigenvalue weighted by molar-refractivity contribution is 4.98. The van der Waals surface area contributed by atoms with E-state index < -0.39 is 0 Å². The van der Waals surface area contributed by atoms with Gasteiger partial charge in [-0.3, -0.25) is 0 Å². The zero-order valence-corrected chi connectivity index (χ0v) is 9.51. The molecule has 0 radical (unpaired) electrons. The van der Waals surface area contributed by atoms with Gasteiger partial charge in [-0.15, -0.1) is 0 Å². The zero-order valence-electron chi connectivity index (χ0n) is 9.51. The maximum absolute atomic E-state index is 9.38. The molecule has 0 bridgehead atoms. The number of nitrogens with one attached hydrogen (secondary N) is 1. The minimum Gasteiger partial charge on any atom is -0.392 e. The second kappa shape index (κ2) is 4.90. The number of hydrogen-bond acceptors (Lipinski definition) is 6. The fraction of sp³-hybridized carbons (Fsp3) is 0.800. The third-order valence-corrected chi connectivity index (χ3v) is 2.64. The van der Waals surface area contributed by atoms with Crippen molar-refractivity contribution in [2.45, 2.75) is 38.5 Å². The van der Waals surface area contributed by atoms with Gasteiger partial charge in [-0.05, 0) is 20.3 Å². The first-order valence-corrected chi connectivity index (χ1v) is 5.57. The van der Waals surface area contributed by atoms with Gasteiger partial charge in [-0.2, -0.15) is 4.98 Å². The van der Waals surface area contributed by atoms with Crippen molar-refractivity contribution in [1.82, 2.24) is 15.5 Å². The van der Waals surface area contributed by atoms with Crippen LogP contribution in [0.4, 0.5) is 0 Å². The Labute approximate surface area is 94.0 Å². The van der Waals surface area contributed by atoms with Crippen LogP contribution in [0, 0.1) is 0 Å². The Kier molecular flexibility index (Phi) is 3.52. The Hall–Kier alpha value is -0.980. The van der Waals surface area contributed by atoms with Crippen LogP contribution >= 0.6 is 0 Å². The molecule has 1 aliphatic rings. The van der Waals surface area contributed by atoms with E-state index in [9.17, 15) is 5.11 Å². The van der Waals surface area contributed by atoms with E-state index in [4.69, 9.17) is 9.26 Å². The molecule has 0 spiro atoms. The van der Waals surface area contributed by atoms with Gasteiger partial charge in [0, 0.05) is 13.2 Å². The summed E-state index contributed by atoms with van der Waals surface area (Å²) in [4.78, 5) is 4.27.